The molecule has 5 heteroatoms. The molecule has 3 rings (SSSR count). The summed E-state index contributed by atoms with van der Waals surface area (Å²) < 4.78 is 2.74. The first-order chi connectivity index (χ1) is 10.7. The fourth-order valence-corrected chi connectivity index (χ4v) is 2.85. The van der Waals surface area contributed by atoms with Crippen LogP contribution in [0.1, 0.15) is 10.4 Å². The van der Waals surface area contributed by atoms with Crippen LogP contribution in [0.4, 0.5) is 0 Å². The zero-order valence-corrected chi connectivity index (χ0v) is 14.3. The van der Waals surface area contributed by atoms with Crippen LogP contribution >= 0.6 is 27.7 Å². The summed E-state index contributed by atoms with van der Waals surface area (Å²) in [4.78, 5) is 12.5. The fourth-order valence-electron chi connectivity index (χ4n) is 2.17. The minimum Gasteiger partial charge on any atom is -0.298 e. The summed E-state index contributed by atoms with van der Waals surface area (Å²) in [5.41, 5.74) is 3.14. The van der Waals surface area contributed by atoms with Crippen LogP contribution in [0.15, 0.2) is 64.1 Å². The van der Waals surface area contributed by atoms with E-state index < -0.39 is 0 Å². The first-order valence-electron chi connectivity index (χ1n) is 6.66. The lowest BCUT2D eigenvalue weighted by atomic mass is 10.1. The van der Waals surface area contributed by atoms with Crippen molar-refractivity contribution in [1.29, 1.82) is 0 Å². The Kier molecular flexibility index (Phi) is 4.45. The Hall–Kier alpha value is -1.85. The molecule has 0 unspecified atom stereocenters. The zero-order chi connectivity index (χ0) is 15.5. The Balaban J connectivity index is 2.04. The van der Waals surface area contributed by atoms with Crippen molar-refractivity contribution in [3.05, 3.63) is 64.8 Å². The molecule has 0 spiro atoms. The Morgan fingerprint density at radius 3 is 2.36 bits per heavy atom. The van der Waals surface area contributed by atoms with Crippen LogP contribution in [0.2, 0.25) is 0 Å². The van der Waals surface area contributed by atoms with E-state index in [1.165, 1.54) is 4.90 Å². The van der Waals surface area contributed by atoms with E-state index in [-0.39, 0.29) is 0 Å². The molecule has 110 valence electrons. The van der Waals surface area contributed by atoms with Gasteiger partial charge < -0.3 is 0 Å². The lowest BCUT2D eigenvalue weighted by molar-refractivity contribution is 0.112. The topological polar surface area (TPSA) is 34.9 Å². The van der Waals surface area contributed by atoms with E-state index in [0.717, 1.165) is 22.0 Å². The van der Waals surface area contributed by atoms with Gasteiger partial charge in [-0.1, -0.05) is 28.1 Å². The largest absolute Gasteiger partial charge is 0.298 e. The molecule has 1 heterocycles. The van der Waals surface area contributed by atoms with Crippen LogP contribution < -0.4 is 0 Å². The van der Waals surface area contributed by atoms with Gasteiger partial charge >= 0.3 is 0 Å². The number of thioether (sulfide) groups is 1. The standard InChI is InChI=1S/C17H13BrN2OS/c1-22-16-8-2-12(3-9-16)17-13(11-21)10-20(19-17)15-6-4-14(18)5-7-15/h2-11H,1H3. The van der Waals surface area contributed by atoms with Crippen molar-refractivity contribution in [2.75, 3.05) is 6.26 Å². The summed E-state index contributed by atoms with van der Waals surface area (Å²) in [7, 11) is 0. The van der Waals surface area contributed by atoms with Gasteiger partial charge in [0.15, 0.2) is 6.29 Å². The predicted molar refractivity (Wildman–Crippen MR) is 93.9 cm³/mol. The predicted octanol–water partition coefficient (Wildman–Crippen LogP) is 4.84. The molecule has 3 nitrogen and oxygen atoms in total. The van der Waals surface area contributed by atoms with Gasteiger partial charge in [0.2, 0.25) is 0 Å². The number of carbonyl (C=O) groups is 1. The molecule has 3 aromatic rings. The minimum absolute atomic E-state index is 0.583. The van der Waals surface area contributed by atoms with Gasteiger partial charge in [-0.15, -0.1) is 11.8 Å². The molecule has 0 atom stereocenters. The second kappa shape index (κ2) is 6.50. The third-order valence-electron chi connectivity index (χ3n) is 3.32. The summed E-state index contributed by atoms with van der Waals surface area (Å²) in [6.45, 7) is 0. The molecule has 2 aromatic carbocycles. The van der Waals surface area contributed by atoms with Crippen molar-refractivity contribution in [3.8, 4) is 16.9 Å². The number of aldehydes is 1. The molecule has 0 aliphatic carbocycles. The number of carbonyl (C=O) groups excluding carboxylic acids is 1. The lowest BCUT2D eigenvalue weighted by Gasteiger charge is -2.02. The van der Waals surface area contributed by atoms with Crippen molar-refractivity contribution >= 4 is 34.0 Å². The highest BCUT2D eigenvalue weighted by Gasteiger charge is 2.11. The highest BCUT2D eigenvalue weighted by molar-refractivity contribution is 9.10. The first-order valence-corrected chi connectivity index (χ1v) is 8.68. The second-order valence-corrected chi connectivity index (χ2v) is 6.50. The summed E-state index contributed by atoms with van der Waals surface area (Å²) in [6, 6.07) is 15.9. The molecule has 0 bridgehead atoms. The fraction of sp³-hybridized carbons (Fsp3) is 0.0588. The molecule has 0 aliphatic heterocycles. The minimum atomic E-state index is 0.583. The number of aromatic nitrogens is 2. The van der Waals surface area contributed by atoms with Crippen molar-refractivity contribution in [2.24, 2.45) is 0 Å². The molecular weight excluding hydrogens is 360 g/mol. The number of benzene rings is 2. The van der Waals surface area contributed by atoms with Gasteiger partial charge in [0.05, 0.1) is 11.3 Å². The summed E-state index contributed by atoms with van der Waals surface area (Å²) in [6.07, 6.45) is 4.64. The monoisotopic (exact) mass is 372 g/mol. The number of hydrogen-bond donors (Lipinski definition) is 0. The number of rotatable bonds is 4. The Morgan fingerprint density at radius 2 is 1.77 bits per heavy atom. The maximum Gasteiger partial charge on any atom is 0.153 e. The molecule has 0 amide bonds. The van der Waals surface area contributed by atoms with Crippen molar-refractivity contribution in [2.45, 2.75) is 4.90 Å². The van der Waals surface area contributed by atoms with Crippen LogP contribution in [0, 0.1) is 0 Å². The smallest absolute Gasteiger partial charge is 0.153 e. The van der Waals surface area contributed by atoms with Crippen LogP contribution in [0.3, 0.4) is 0 Å². The molecule has 0 saturated carbocycles. The third kappa shape index (κ3) is 3.00. The van der Waals surface area contributed by atoms with Crippen molar-refractivity contribution in [1.82, 2.24) is 9.78 Å². The van der Waals surface area contributed by atoms with Gasteiger partial charge in [-0.25, -0.2) is 4.68 Å². The van der Waals surface area contributed by atoms with Crippen LogP contribution in [0.25, 0.3) is 16.9 Å². The van der Waals surface area contributed by atoms with E-state index in [1.54, 1.807) is 22.6 Å². The Bertz CT molecular complexity index is 795. The van der Waals surface area contributed by atoms with Gasteiger partial charge in [-0.05, 0) is 42.7 Å². The van der Waals surface area contributed by atoms with E-state index in [9.17, 15) is 4.79 Å². The van der Waals surface area contributed by atoms with E-state index in [2.05, 4.69) is 21.0 Å². The van der Waals surface area contributed by atoms with E-state index in [1.807, 2.05) is 54.8 Å². The zero-order valence-electron chi connectivity index (χ0n) is 11.9. The Labute approximate surface area is 141 Å². The van der Waals surface area contributed by atoms with Crippen LogP contribution in [-0.4, -0.2) is 22.3 Å². The summed E-state index contributed by atoms with van der Waals surface area (Å²) in [5.74, 6) is 0. The number of nitrogens with zero attached hydrogens (tertiary/aromatic N) is 2. The molecular formula is C17H13BrN2OS. The van der Waals surface area contributed by atoms with Crippen molar-refractivity contribution < 1.29 is 4.79 Å². The van der Waals surface area contributed by atoms with Crippen molar-refractivity contribution in [3.63, 3.8) is 0 Å². The normalized spacial score (nSPS) is 10.6. The summed E-state index contributed by atoms with van der Waals surface area (Å²) in [5, 5.41) is 4.57. The first kappa shape index (κ1) is 15.1. The van der Waals surface area contributed by atoms with E-state index in [4.69, 9.17) is 0 Å². The molecule has 22 heavy (non-hydrogen) atoms. The third-order valence-corrected chi connectivity index (χ3v) is 4.60. The van der Waals surface area contributed by atoms with E-state index >= 15 is 0 Å². The van der Waals surface area contributed by atoms with Gasteiger partial charge in [0, 0.05) is 21.1 Å². The maximum atomic E-state index is 11.4. The van der Waals surface area contributed by atoms with Gasteiger partial charge in [0.1, 0.15) is 5.69 Å². The number of hydrogen-bond acceptors (Lipinski definition) is 3. The van der Waals surface area contributed by atoms with Crippen LogP contribution in [0.5, 0.6) is 0 Å². The average molecular weight is 373 g/mol. The quantitative estimate of drug-likeness (QED) is 0.485. The molecule has 0 fully saturated rings. The molecule has 0 N–H and O–H groups in total. The Morgan fingerprint density at radius 1 is 1.09 bits per heavy atom. The highest BCUT2D eigenvalue weighted by Crippen LogP contribution is 2.25. The molecule has 1 aromatic heterocycles. The molecule has 0 radical (unpaired) electrons. The van der Waals surface area contributed by atoms with Crippen LogP contribution in [-0.2, 0) is 0 Å². The molecule has 0 aliphatic rings. The summed E-state index contributed by atoms with van der Waals surface area (Å²) >= 11 is 5.10. The number of halogens is 1. The SMILES string of the molecule is CSc1ccc(-c2nn(-c3ccc(Br)cc3)cc2C=O)cc1. The second-order valence-electron chi connectivity index (χ2n) is 4.70. The average Bonchev–Trinajstić information content (AvgIpc) is 3.00. The van der Waals surface area contributed by atoms with Gasteiger partial charge in [-0.3, -0.25) is 4.79 Å². The van der Waals surface area contributed by atoms with Gasteiger partial charge in [-0.2, -0.15) is 5.10 Å². The maximum absolute atomic E-state index is 11.4. The highest BCUT2D eigenvalue weighted by atomic mass is 79.9. The lowest BCUT2D eigenvalue weighted by Crippen LogP contribution is -1.94. The van der Waals surface area contributed by atoms with Gasteiger partial charge in [0.25, 0.3) is 0 Å². The van der Waals surface area contributed by atoms with E-state index in [0.29, 0.717) is 11.3 Å². The molecule has 0 saturated heterocycles.